The van der Waals surface area contributed by atoms with Crippen LogP contribution in [-0.4, -0.2) is 43.8 Å². The molecule has 0 aromatic rings. The third-order valence-electron chi connectivity index (χ3n) is 1.91. The highest BCUT2D eigenvalue weighted by Gasteiger charge is 2.34. The molecule has 0 amide bonds. The summed E-state index contributed by atoms with van der Waals surface area (Å²) >= 11 is 1.83. The Morgan fingerprint density at radius 2 is 1.79 bits per heavy atom. The standard InChI is InChI=1S/C10H19O6PS2/c1-5-15-9(11)7-8(10(12)16-6-2)19-17(13,14-3)18-4/h8H,5-7H2,1-4H3/t8-,17-/m1/s1. The second-order valence-corrected chi connectivity index (χ2v) is 10.9. The molecule has 0 N–H and O–H groups in total. The van der Waals surface area contributed by atoms with Gasteiger partial charge >= 0.3 is 17.7 Å². The number of rotatable bonds is 9. The summed E-state index contributed by atoms with van der Waals surface area (Å²) in [5.74, 6) is -4.19. The molecule has 0 aromatic carbocycles. The highest BCUT2D eigenvalue weighted by Crippen LogP contribution is 2.70. The highest BCUT2D eigenvalue weighted by molar-refractivity contribution is 8.89. The lowest BCUT2D eigenvalue weighted by Gasteiger charge is -2.18. The molecule has 0 saturated heterocycles. The lowest BCUT2D eigenvalue weighted by atomic mass is 10.3. The first kappa shape index (κ1) is 18.8. The summed E-state index contributed by atoms with van der Waals surface area (Å²) in [6, 6.07) is 0. The molecule has 0 rings (SSSR count). The average Bonchev–Trinajstić information content (AvgIpc) is 2.38. The van der Waals surface area contributed by atoms with Crippen LogP contribution in [0.4, 0.5) is 0 Å². The molecule has 0 fully saturated rings. The largest absolute Gasteiger partial charge is 0.466 e. The molecule has 0 spiro atoms. The minimum Gasteiger partial charge on any atom is -0.466 e. The first-order valence-electron chi connectivity index (χ1n) is 5.64. The fraction of sp³-hybridized carbons (Fsp3) is 0.800. The molecule has 6 nitrogen and oxygen atoms in total. The van der Waals surface area contributed by atoms with E-state index in [0.29, 0.717) is 0 Å². The smallest absolute Gasteiger partial charge is 0.320 e. The van der Waals surface area contributed by atoms with Crippen LogP contribution < -0.4 is 0 Å². The van der Waals surface area contributed by atoms with Gasteiger partial charge in [-0.05, 0) is 31.5 Å². The Balaban J connectivity index is 4.81. The zero-order valence-electron chi connectivity index (χ0n) is 11.4. The first-order valence-corrected chi connectivity index (χ1v) is 10.6. The van der Waals surface area contributed by atoms with Crippen molar-refractivity contribution >= 4 is 40.5 Å². The second kappa shape index (κ2) is 9.69. The fourth-order valence-electron chi connectivity index (χ4n) is 1.09. The number of hydrogen-bond donors (Lipinski definition) is 0. The highest BCUT2D eigenvalue weighted by atomic mass is 33.1. The predicted molar refractivity (Wildman–Crippen MR) is 77.4 cm³/mol. The van der Waals surface area contributed by atoms with Crippen molar-refractivity contribution in [3.8, 4) is 0 Å². The molecule has 9 heteroatoms. The van der Waals surface area contributed by atoms with E-state index in [-0.39, 0.29) is 19.6 Å². The topological polar surface area (TPSA) is 78.9 Å². The maximum absolute atomic E-state index is 12.2. The molecule has 112 valence electrons. The number of esters is 2. The van der Waals surface area contributed by atoms with Gasteiger partial charge in [0.15, 0.2) is 0 Å². The fourth-order valence-corrected chi connectivity index (χ4v) is 6.17. The van der Waals surface area contributed by atoms with E-state index in [0.717, 1.165) is 22.8 Å². The lowest BCUT2D eigenvalue weighted by Crippen LogP contribution is -2.24. The van der Waals surface area contributed by atoms with Crippen LogP contribution in [0.5, 0.6) is 0 Å². The molecular formula is C10H19O6PS2. The van der Waals surface area contributed by atoms with Crippen molar-refractivity contribution in [2.75, 3.05) is 26.6 Å². The summed E-state index contributed by atoms with van der Waals surface area (Å²) in [5, 5.41) is -0.891. The van der Waals surface area contributed by atoms with Gasteiger partial charge in [-0.2, -0.15) is 0 Å². The quantitative estimate of drug-likeness (QED) is 0.472. The summed E-state index contributed by atoms with van der Waals surface area (Å²) < 4.78 is 26.7. The third-order valence-corrected chi connectivity index (χ3v) is 9.57. The second-order valence-electron chi connectivity index (χ2n) is 3.17. The maximum atomic E-state index is 12.2. The van der Waals surface area contributed by atoms with E-state index in [4.69, 9.17) is 14.0 Å². The van der Waals surface area contributed by atoms with Crippen LogP contribution in [0.25, 0.3) is 0 Å². The Kier molecular flexibility index (Phi) is 9.60. The van der Waals surface area contributed by atoms with Crippen molar-refractivity contribution in [1.29, 1.82) is 0 Å². The molecule has 0 aliphatic rings. The van der Waals surface area contributed by atoms with Crippen molar-refractivity contribution in [3.05, 3.63) is 0 Å². The molecule has 0 radical (unpaired) electrons. The normalized spacial score (nSPS) is 15.4. The summed E-state index contributed by atoms with van der Waals surface area (Å²) in [5.41, 5.74) is 0. The van der Waals surface area contributed by atoms with Crippen molar-refractivity contribution in [2.45, 2.75) is 25.5 Å². The van der Waals surface area contributed by atoms with Crippen molar-refractivity contribution in [3.63, 3.8) is 0 Å². The Bertz CT molecular complexity index is 341. The van der Waals surface area contributed by atoms with E-state index >= 15 is 0 Å². The summed E-state index contributed by atoms with van der Waals surface area (Å²) in [4.78, 5) is 23.2. The number of carbonyl (C=O) groups is 2. The summed E-state index contributed by atoms with van der Waals surface area (Å²) in [7, 11) is 1.30. The van der Waals surface area contributed by atoms with Gasteiger partial charge in [0.25, 0.3) is 0 Å². The van der Waals surface area contributed by atoms with Crippen LogP contribution in [0.2, 0.25) is 0 Å². The van der Waals surface area contributed by atoms with Crippen LogP contribution in [0.15, 0.2) is 0 Å². The molecule has 2 atom stereocenters. The molecule has 0 aliphatic carbocycles. The van der Waals surface area contributed by atoms with Crippen LogP contribution in [0.1, 0.15) is 20.3 Å². The molecule has 0 unspecified atom stereocenters. The van der Waals surface area contributed by atoms with Gasteiger partial charge in [-0.15, -0.1) is 0 Å². The molecular weight excluding hydrogens is 311 g/mol. The monoisotopic (exact) mass is 330 g/mol. The average molecular weight is 330 g/mol. The van der Waals surface area contributed by atoms with Gasteiger partial charge < -0.3 is 14.0 Å². The van der Waals surface area contributed by atoms with Gasteiger partial charge in [-0.25, -0.2) is 0 Å². The van der Waals surface area contributed by atoms with Gasteiger partial charge in [0, 0.05) is 7.11 Å². The van der Waals surface area contributed by atoms with Crippen molar-refractivity contribution in [2.24, 2.45) is 0 Å². The Labute approximate surface area is 121 Å². The van der Waals surface area contributed by atoms with Crippen molar-refractivity contribution < 1.29 is 28.2 Å². The first-order chi connectivity index (χ1) is 8.92. The number of carbonyl (C=O) groups excluding carboxylic acids is 2. The van der Waals surface area contributed by atoms with E-state index in [9.17, 15) is 14.2 Å². The van der Waals surface area contributed by atoms with Crippen LogP contribution >= 0.6 is 28.5 Å². The van der Waals surface area contributed by atoms with E-state index in [2.05, 4.69) is 0 Å². The minimum atomic E-state index is -3.07. The Morgan fingerprint density at radius 3 is 2.21 bits per heavy atom. The summed E-state index contributed by atoms with van der Waals surface area (Å²) in [6.45, 7) is 3.75. The van der Waals surface area contributed by atoms with Gasteiger partial charge in [0.05, 0.1) is 19.6 Å². The zero-order valence-corrected chi connectivity index (χ0v) is 13.9. The van der Waals surface area contributed by atoms with Gasteiger partial charge in [-0.1, -0.05) is 11.4 Å². The van der Waals surface area contributed by atoms with E-state index < -0.39 is 23.0 Å². The van der Waals surface area contributed by atoms with E-state index in [1.807, 2.05) is 0 Å². The van der Waals surface area contributed by atoms with E-state index in [1.54, 1.807) is 20.1 Å². The van der Waals surface area contributed by atoms with E-state index in [1.165, 1.54) is 7.11 Å². The van der Waals surface area contributed by atoms with Crippen LogP contribution in [-0.2, 0) is 28.2 Å². The minimum absolute atomic E-state index is 0.189. The molecule has 0 aromatic heterocycles. The van der Waals surface area contributed by atoms with Crippen LogP contribution in [0.3, 0.4) is 0 Å². The van der Waals surface area contributed by atoms with Gasteiger partial charge in [0.1, 0.15) is 5.25 Å². The summed E-state index contributed by atoms with van der Waals surface area (Å²) in [6.07, 6.45) is 1.43. The van der Waals surface area contributed by atoms with Gasteiger partial charge in [-0.3, -0.25) is 14.2 Å². The molecule has 19 heavy (non-hydrogen) atoms. The van der Waals surface area contributed by atoms with Crippen LogP contribution in [0, 0.1) is 0 Å². The Hall–Kier alpha value is -0.170. The third kappa shape index (κ3) is 7.25. The maximum Gasteiger partial charge on any atom is 0.320 e. The van der Waals surface area contributed by atoms with Crippen molar-refractivity contribution in [1.82, 2.24) is 0 Å². The number of hydrogen-bond acceptors (Lipinski definition) is 8. The zero-order chi connectivity index (χ0) is 14.9. The molecule has 0 saturated carbocycles. The molecule has 0 heterocycles. The molecule has 0 aliphatic heterocycles. The molecule has 0 bridgehead atoms. The number of ether oxygens (including phenoxy) is 2. The lowest BCUT2D eigenvalue weighted by molar-refractivity contribution is -0.149. The Morgan fingerprint density at radius 1 is 1.21 bits per heavy atom. The SMILES string of the molecule is CCOC(=O)C[C@@H](S[P@](=O)(OC)SC)C(=O)OCC. The van der Waals surface area contributed by atoms with Gasteiger partial charge in [0.2, 0.25) is 0 Å². The predicted octanol–water partition coefficient (Wildman–Crippen LogP) is 2.72.